The SMILES string of the molecule is CC(NCOCC(=O)OCc1ccccc1)OC=O. The topological polar surface area (TPSA) is 73.9 Å². The van der Waals surface area contributed by atoms with E-state index in [-0.39, 0.29) is 19.9 Å². The largest absolute Gasteiger partial charge is 0.459 e. The summed E-state index contributed by atoms with van der Waals surface area (Å²) in [6.45, 7) is 2.14. The van der Waals surface area contributed by atoms with Crippen molar-refractivity contribution in [3.05, 3.63) is 35.9 Å². The predicted molar refractivity (Wildman–Crippen MR) is 66.8 cm³/mol. The predicted octanol–water partition coefficient (Wildman–Crippen LogP) is 0.812. The molecule has 1 atom stereocenters. The van der Waals surface area contributed by atoms with Crippen molar-refractivity contribution in [2.24, 2.45) is 0 Å². The highest BCUT2D eigenvalue weighted by Crippen LogP contribution is 2.00. The van der Waals surface area contributed by atoms with Crippen molar-refractivity contribution in [1.82, 2.24) is 5.32 Å². The first kappa shape index (κ1) is 15.1. The minimum absolute atomic E-state index is 0.0927. The highest BCUT2D eigenvalue weighted by molar-refractivity contribution is 5.70. The van der Waals surface area contributed by atoms with Crippen LogP contribution in [0.2, 0.25) is 0 Å². The second-order valence-electron chi connectivity index (χ2n) is 3.72. The highest BCUT2D eigenvalue weighted by atomic mass is 16.6. The monoisotopic (exact) mass is 267 g/mol. The summed E-state index contributed by atoms with van der Waals surface area (Å²) in [6, 6.07) is 9.38. The molecule has 0 radical (unpaired) electrons. The van der Waals surface area contributed by atoms with Gasteiger partial charge in [0, 0.05) is 0 Å². The number of nitrogens with one attached hydrogen (secondary N) is 1. The molecule has 0 fully saturated rings. The van der Waals surface area contributed by atoms with Crippen LogP contribution in [0, 0.1) is 0 Å². The van der Waals surface area contributed by atoms with Gasteiger partial charge < -0.3 is 14.2 Å². The Bertz CT molecular complexity index is 382. The van der Waals surface area contributed by atoms with Gasteiger partial charge in [-0.05, 0) is 12.5 Å². The lowest BCUT2D eigenvalue weighted by atomic mass is 10.2. The Morgan fingerprint density at radius 3 is 2.79 bits per heavy atom. The van der Waals surface area contributed by atoms with Crippen LogP contribution < -0.4 is 5.32 Å². The third kappa shape index (κ3) is 7.17. The second kappa shape index (κ2) is 9.07. The Balaban J connectivity index is 2.07. The smallest absolute Gasteiger partial charge is 0.332 e. The lowest BCUT2D eigenvalue weighted by molar-refractivity contribution is -0.151. The number of carbonyl (C=O) groups excluding carboxylic acids is 2. The second-order valence-corrected chi connectivity index (χ2v) is 3.72. The van der Waals surface area contributed by atoms with Crippen LogP contribution in [0.3, 0.4) is 0 Å². The Morgan fingerprint density at radius 1 is 1.37 bits per heavy atom. The average molecular weight is 267 g/mol. The number of hydrogen-bond donors (Lipinski definition) is 1. The van der Waals surface area contributed by atoms with Crippen LogP contribution in [-0.4, -0.2) is 32.0 Å². The summed E-state index contributed by atoms with van der Waals surface area (Å²) in [4.78, 5) is 21.3. The van der Waals surface area contributed by atoms with E-state index in [1.807, 2.05) is 30.3 Å². The summed E-state index contributed by atoms with van der Waals surface area (Å²) in [7, 11) is 0. The molecule has 0 heterocycles. The molecule has 0 aromatic heterocycles. The van der Waals surface area contributed by atoms with Crippen molar-refractivity contribution in [2.75, 3.05) is 13.3 Å². The standard InChI is InChI=1S/C13H17NO5/c1-11(19-10-15)14-9-17-8-13(16)18-7-12-5-3-2-4-6-12/h2-6,10-11,14H,7-9H2,1H3. The van der Waals surface area contributed by atoms with Gasteiger partial charge in [0.25, 0.3) is 6.47 Å². The molecule has 0 saturated carbocycles. The lowest BCUT2D eigenvalue weighted by Crippen LogP contribution is -2.31. The molecular weight excluding hydrogens is 250 g/mol. The quantitative estimate of drug-likeness (QED) is 0.309. The van der Waals surface area contributed by atoms with E-state index >= 15 is 0 Å². The van der Waals surface area contributed by atoms with Gasteiger partial charge >= 0.3 is 5.97 Å². The van der Waals surface area contributed by atoms with Gasteiger partial charge in [0.1, 0.15) is 19.9 Å². The van der Waals surface area contributed by atoms with E-state index in [1.54, 1.807) is 6.92 Å². The van der Waals surface area contributed by atoms with Gasteiger partial charge in [-0.25, -0.2) is 4.79 Å². The van der Waals surface area contributed by atoms with Crippen LogP contribution in [0.1, 0.15) is 12.5 Å². The van der Waals surface area contributed by atoms with Gasteiger partial charge in [-0.1, -0.05) is 30.3 Å². The molecule has 6 heteroatoms. The molecule has 1 aromatic rings. The molecule has 1 N–H and O–H groups in total. The molecule has 0 aliphatic rings. The number of esters is 1. The zero-order chi connectivity index (χ0) is 13.9. The van der Waals surface area contributed by atoms with Crippen LogP contribution in [0.15, 0.2) is 30.3 Å². The summed E-state index contributed by atoms with van der Waals surface area (Å²) in [5, 5.41) is 2.73. The number of hydrogen-bond acceptors (Lipinski definition) is 6. The lowest BCUT2D eigenvalue weighted by Gasteiger charge is -2.11. The third-order valence-electron chi connectivity index (χ3n) is 2.20. The fourth-order valence-corrected chi connectivity index (χ4v) is 1.22. The fourth-order valence-electron chi connectivity index (χ4n) is 1.22. The van der Waals surface area contributed by atoms with Crippen molar-refractivity contribution in [3.63, 3.8) is 0 Å². The minimum atomic E-state index is -0.460. The summed E-state index contributed by atoms with van der Waals surface area (Å²) in [5.41, 5.74) is 0.919. The van der Waals surface area contributed by atoms with Crippen molar-refractivity contribution in [1.29, 1.82) is 0 Å². The van der Waals surface area contributed by atoms with Crippen LogP contribution in [-0.2, 0) is 30.4 Å². The molecule has 104 valence electrons. The normalized spacial score (nSPS) is 11.6. The van der Waals surface area contributed by atoms with E-state index in [1.165, 1.54) is 0 Å². The van der Waals surface area contributed by atoms with E-state index in [4.69, 9.17) is 9.47 Å². The highest BCUT2D eigenvalue weighted by Gasteiger charge is 2.04. The maximum absolute atomic E-state index is 11.3. The average Bonchev–Trinajstić information content (AvgIpc) is 2.43. The number of ether oxygens (including phenoxy) is 3. The first-order chi connectivity index (χ1) is 9.22. The fraction of sp³-hybridized carbons (Fsp3) is 0.385. The summed E-state index contributed by atoms with van der Waals surface area (Å²) in [6.07, 6.45) is -0.460. The van der Waals surface area contributed by atoms with Gasteiger partial charge in [0.15, 0.2) is 6.23 Å². The molecule has 0 saturated heterocycles. The Morgan fingerprint density at radius 2 is 2.11 bits per heavy atom. The van der Waals surface area contributed by atoms with Crippen LogP contribution >= 0.6 is 0 Å². The van der Waals surface area contributed by atoms with Crippen molar-refractivity contribution < 1.29 is 23.8 Å². The van der Waals surface area contributed by atoms with E-state index in [0.29, 0.717) is 6.47 Å². The zero-order valence-electron chi connectivity index (χ0n) is 10.7. The summed E-state index contributed by atoms with van der Waals surface area (Å²) >= 11 is 0. The maximum Gasteiger partial charge on any atom is 0.332 e. The van der Waals surface area contributed by atoms with E-state index in [2.05, 4.69) is 10.1 Å². The van der Waals surface area contributed by atoms with Crippen LogP contribution in [0.25, 0.3) is 0 Å². The molecule has 0 amide bonds. The molecule has 6 nitrogen and oxygen atoms in total. The number of benzene rings is 1. The molecule has 19 heavy (non-hydrogen) atoms. The molecule has 0 spiro atoms. The molecular formula is C13H17NO5. The Labute approximate surface area is 111 Å². The number of rotatable bonds is 9. The molecule has 0 aliphatic heterocycles. The van der Waals surface area contributed by atoms with E-state index in [9.17, 15) is 9.59 Å². The Kier molecular flexibility index (Phi) is 7.23. The van der Waals surface area contributed by atoms with Gasteiger partial charge in [0.2, 0.25) is 0 Å². The minimum Gasteiger partial charge on any atom is -0.459 e. The molecule has 1 rings (SSSR count). The van der Waals surface area contributed by atoms with Crippen LogP contribution in [0.5, 0.6) is 0 Å². The first-order valence-electron chi connectivity index (χ1n) is 5.82. The Hall–Kier alpha value is -1.92. The van der Waals surface area contributed by atoms with E-state index in [0.717, 1.165) is 5.56 Å². The molecule has 1 unspecified atom stereocenters. The van der Waals surface area contributed by atoms with Gasteiger partial charge in [-0.15, -0.1) is 0 Å². The summed E-state index contributed by atoms with van der Waals surface area (Å²) < 4.78 is 14.6. The van der Waals surface area contributed by atoms with Crippen LogP contribution in [0.4, 0.5) is 0 Å². The summed E-state index contributed by atoms with van der Waals surface area (Å²) in [5.74, 6) is -0.449. The molecule has 0 aliphatic carbocycles. The first-order valence-corrected chi connectivity index (χ1v) is 5.82. The van der Waals surface area contributed by atoms with E-state index < -0.39 is 12.2 Å². The van der Waals surface area contributed by atoms with Crippen molar-refractivity contribution in [2.45, 2.75) is 19.8 Å². The van der Waals surface area contributed by atoms with Gasteiger partial charge in [-0.3, -0.25) is 10.1 Å². The van der Waals surface area contributed by atoms with Crippen molar-refractivity contribution >= 4 is 12.4 Å². The van der Waals surface area contributed by atoms with Gasteiger partial charge in [-0.2, -0.15) is 0 Å². The zero-order valence-corrected chi connectivity index (χ0v) is 10.7. The van der Waals surface area contributed by atoms with Crippen molar-refractivity contribution in [3.8, 4) is 0 Å². The number of carbonyl (C=O) groups is 2. The van der Waals surface area contributed by atoms with Gasteiger partial charge in [0.05, 0.1) is 0 Å². The third-order valence-corrected chi connectivity index (χ3v) is 2.20. The maximum atomic E-state index is 11.3. The molecule has 0 bridgehead atoms. The molecule has 1 aromatic carbocycles.